The molecule has 0 aliphatic heterocycles. The molecule has 0 saturated carbocycles. The number of benzene rings is 2. The van der Waals surface area contributed by atoms with Gasteiger partial charge in [-0.05, 0) is 36.8 Å². The van der Waals surface area contributed by atoms with Gasteiger partial charge in [0.1, 0.15) is 12.4 Å². The van der Waals surface area contributed by atoms with Gasteiger partial charge in [-0.25, -0.2) is 13.1 Å². The van der Waals surface area contributed by atoms with Crippen molar-refractivity contribution >= 4 is 10.0 Å². The van der Waals surface area contributed by atoms with Crippen molar-refractivity contribution in [2.45, 2.75) is 11.8 Å². The van der Waals surface area contributed by atoms with E-state index in [9.17, 15) is 8.42 Å². The fourth-order valence-corrected chi connectivity index (χ4v) is 3.69. The number of aryl methyl sites for hydroxylation is 1. The third-order valence-corrected chi connectivity index (χ3v) is 5.49. The van der Waals surface area contributed by atoms with Crippen LogP contribution in [0.2, 0.25) is 0 Å². The van der Waals surface area contributed by atoms with Crippen LogP contribution >= 0.6 is 0 Å². The summed E-state index contributed by atoms with van der Waals surface area (Å²) < 4.78 is 37.8. The number of methoxy groups -OCH3 is 1. The Labute approximate surface area is 164 Å². The van der Waals surface area contributed by atoms with Crippen LogP contribution < -0.4 is 14.2 Å². The molecule has 0 aliphatic carbocycles. The van der Waals surface area contributed by atoms with Crippen molar-refractivity contribution in [3.63, 3.8) is 0 Å². The van der Waals surface area contributed by atoms with E-state index < -0.39 is 10.0 Å². The summed E-state index contributed by atoms with van der Waals surface area (Å²) in [5.41, 5.74) is 2.45. The first-order valence-corrected chi connectivity index (χ1v) is 10.1. The lowest BCUT2D eigenvalue weighted by molar-refractivity contribution is 0.307. The molecule has 0 unspecified atom stereocenters. The van der Waals surface area contributed by atoms with Gasteiger partial charge < -0.3 is 9.47 Å². The summed E-state index contributed by atoms with van der Waals surface area (Å²) >= 11 is 0. The standard InChI is InChI=1S/C20H21N3O4S/c1-15-14-17(8-10-19(15)26-2)28(24,25)21-12-13-27-20-11-9-18(22-23-20)16-6-4-3-5-7-16/h3-11,14,21H,12-13H2,1-2H3. The van der Waals surface area contributed by atoms with Crippen LogP contribution in [0.5, 0.6) is 11.6 Å². The molecule has 0 atom stereocenters. The van der Waals surface area contributed by atoms with Crippen molar-refractivity contribution in [3.05, 3.63) is 66.2 Å². The Kier molecular flexibility index (Phi) is 6.23. The maximum Gasteiger partial charge on any atom is 0.240 e. The lowest BCUT2D eigenvalue weighted by Crippen LogP contribution is -2.28. The van der Waals surface area contributed by atoms with E-state index in [1.807, 2.05) is 36.4 Å². The first-order valence-electron chi connectivity index (χ1n) is 8.66. The average molecular weight is 399 g/mol. The van der Waals surface area contributed by atoms with Gasteiger partial charge in [-0.2, -0.15) is 0 Å². The Balaban J connectivity index is 1.53. The molecular weight excluding hydrogens is 378 g/mol. The van der Waals surface area contributed by atoms with Crippen molar-refractivity contribution in [3.8, 4) is 22.9 Å². The Morgan fingerprint density at radius 3 is 2.43 bits per heavy atom. The Hall–Kier alpha value is -2.97. The summed E-state index contributed by atoms with van der Waals surface area (Å²) in [6.07, 6.45) is 0. The predicted octanol–water partition coefficient (Wildman–Crippen LogP) is 2.82. The summed E-state index contributed by atoms with van der Waals surface area (Å²) in [6.45, 7) is 2.03. The zero-order valence-electron chi connectivity index (χ0n) is 15.6. The number of hydrogen-bond donors (Lipinski definition) is 1. The summed E-state index contributed by atoms with van der Waals surface area (Å²) in [4.78, 5) is 0.179. The number of ether oxygens (including phenoxy) is 2. The molecule has 8 heteroatoms. The van der Waals surface area contributed by atoms with E-state index >= 15 is 0 Å². The third kappa shape index (κ3) is 4.85. The smallest absolute Gasteiger partial charge is 0.240 e. The second-order valence-electron chi connectivity index (χ2n) is 6.00. The molecule has 146 valence electrons. The normalized spacial score (nSPS) is 11.2. The van der Waals surface area contributed by atoms with Crippen molar-refractivity contribution in [1.82, 2.24) is 14.9 Å². The van der Waals surface area contributed by atoms with Crippen LogP contribution in [0.15, 0.2) is 65.6 Å². The minimum atomic E-state index is -3.63. The molecule has 2 aromatic carbocycles. The molecule has 1 N–H and O–H groups in total. The van der Waals surface area contributed by atoms with E-state index in [4.69, 9.17) is 9.47 Å². The van der Waals surface area contributed by atoms with Crippen molar-refractivity contribution in [1.29, 1.82) is 0 Å². The molecule has 0 bridgehead atoms. The minimum Gasteiger partial charge on any atom is -0.496 e. The van der Waals surface area contributed by atoms with E-state index in [1.165, 1.54) is 6.07 Å². The van der Waals surface area contributed by atoms with Crippen LogP contribution in [0.3, 0.4) is 0 Å². The molecule has 3 aromatic rings. The van der Waals surface area contributed by atoms with Gasteiger partial charge in [-0.3, -0.25) is 0 Å². The number of nitrogens with zero attached hydrogens (tertiary/aromatic N) is 2. The number of hydrogen-bond acceptors (Lipinski definition) is 6. The fourth-order valence-electron chi connectivity index (χ4n) is 2.59. The monoisotopic (exact) mass is 399 g/mol. The van der Waals surface area contributed by atoms with Gasteiger partial charge in [0.15, 0.2) is 0 Å². The van der Waals surface area contributed by atoms with Gasteiger partial charge in [0.25, 0.3) is 0 Å². The Bertz CT molecular complexity index is 1020. The van der Waals surface area contributed by atoms with E-state index in [-0.39, 0.29) is 18.0 Å². The van der Waals surface area contributed by atoms with Crippen LogP contribution in [-0.4, -0.2) is 38.9 Å². The highest BCUT2D eigenvalue weighted by Gasteiger charge is 2.15. The number of nitrogens with one attached hydrogen (secondary N) is 1. The molecule has 0 fully saturated rings. The van der Waals surface area contributed by atoms with Crippen LogP contribution in [0.4, 0.5) is 0 Å². The van der Waals surface area contributed by atoms with Crippen LogP contribution in [0, 0.1) is 6.92 Å². The predicted molar refractivity (Wildman–Crippen MR) is 106 cm³/mol. The van der Waals surface area contributed by atoms with E-state index in [0.29, 0.717) is 11.6 Å². The van der Waals surface area contributed by atoms with Gasteiger partial charge in [0.2, 0.25) is 15.9 Å². The topological polar surface area (TPSA) is 90.4 Å². The lowest BCUT2D eigenvalue weighted by Gasteiger charge is -2.10. The van der Waals surface area contributed by atoms with E-state index in [2.05, 4.69) is 14.9 Å². The molecule has 1 heterocycles. The van der Waals surface area contributed by atoms with Crippen LogP contribution in [0.25, 0.3) is 11.3 Å². The molecule has 0 aliphatic rings. The Morgan fingerprint density at radius 1 is 1.00 bits per heavy atom. The van der Waals surface area contributed by atoms with Gasteiger partial charge in [0.05, 0.1) is 17.7 Å². The second-order valence-corrected chi connectivity index (χ2v) is 7.77. The Morgan fingerprint density at radius 2 is 1.79 bits per heavy atom. The summed E-state index contributed by atoms with van der Waals surface area (Å²) in [5, 5.41) is 8.14. The summed E-state index contributed by atoms with van der Waals surface area (Å²) in [6, 6.07) is 17.9. The van der Waals surface area contributed by atoms with Gasteiger partial charge >= 0.3 is 0 Å². The molecule has 7 nitrogen and oxygen atoms in total. The van der Waals surface area contributed by atoms with Crippen molar-refractivity contribution < 1.29 is 17.9 Å². The van der Waals surface area contributed by atoms with Crippen molar-refractivity contribution in [2.24, 2.45) is 0 Å². The summed E-state index contributed by atoms with van der Waals surface area (Å²) in [5.74, 6) is 0.971. The average Bonchev–Trinajstić information content (AvgIpc) is 2.72. The number of rotatable bonds is 8. The highest BCUT2D eigenvalue weighted by Crippen LogP contribution is 2.21. The number of sulfonamides is 1. The maximum atomic E-state index is 12.4. The van der Waals surface area contributed by atoms with Crippen LogP contribution in [-0.2, 0) is 10.0 Å². The summed E-state index contributed by atoms with van der Waals surface area (Å²) in [7, 11) is -2.08. The van der Waals surface area contributed by atoms with Gasteiger partial charge in [0, 0.05) is 18.2 Å². The minimum absolute atomic E-state index is 0.107. The number of aromatic nitrogens is 2. The molecule has 3 rings (SSSR count). The lowest BCUT2D eigenvalue weighted by atomic mass is 10.1. The van der Waals surface area contributed by atoms with Gasteiger partial charge in [-0.15, -0.1) is 10.2 Å². The van der Waals surface area contributed by atoms with E-state index in [0.717, 1.165) is 16.8 Å². The van der Waals surface area contributed by atoms with E-state index in [1.54, 1.807) is 32.2 Å². The van der Waals surface area contributed by atoms with Crippen LogP contribution in [0.1, 0.15) is 5.56 Å². The largest absolute Gasteiger partial charge is 0.496 e. The molecule has 0 amide bonds. The molecule has 0 saturated heterocycles. The van der Waals surface area contributed by atoms with Crippen molar-refractivity contribution in [2.75, 3.05) is 20.3 Å². The fraction of sp³-hybridized carbons (Fsp3) is 0.200. The molecule has 0 spiro atoms. The SMILES string of the molecule is COc1ccc(S(=O)(=O)NCCOc2ccc(-c3ccccc3)nn2)cc1C. The molecule has 28 heavy (non-hydrogen) atoms. The molecule has 1 aromatic heterocycles. The highest BCUT2D eigenvalue weighted by molar-refractivity contribution is 7.89. The second kappa shape index (κ2) is 8.81. The third-order valence-electron chi connectivity index (χ3n) is 4.03. The first-order chi connectivity index (χ1) is 13.5. The zero-order chi connectivity index (χ0) is 20.0. The zero-order valence-corrected chi connectivity index (χ0v) is 16.4. The molecule has 0 radical (unpaired) electrons. The quantitative estimate of drug-likeness (QED) is 0.586. The first kappa shape index (κ1) is 19.8. The van der Waals surface area contributed by atoms with Gasteiger partial charge in [-0.1, -0.05) is 30.3 Å². The highest BCUT2D eigenvalue weighted by atomic mass is 32.2. The molecular formula is C20H21N3O4S. The maximum absolute atomic E-state index is 12.4.